The smallest absolute Gasteiger partial charge is 0.272 e. The molecule has 0 aliphatic carbocycles. The average molecular weight is 305 g/mol. The standard InChI is InChI=1S/C15H17ClN4O/c1-3-20(4-2)14(21)13-9-10-17-15(19-13)18-12-7-5-11(16)6-8-12/h5-10H,3-4H2,1-2H3,(H,17,18,19). The number of amides is 1. The minimum atomic E-state index is -0.0958. The van der Waals surface area contributed by atoms with Gasteiger partial charge in [-0.1, -0.05) is 11.6 Å². The normalized spacial score (nSPS) is 10.2. The fraction of sp³-hybridized carbons (Fsp3) is 0.267. The molecule has 0 unspecified atom stereocenters. The van der Waals surface area contributed by atoms with Crippen molar-refractivity contribution in [2.75, 3.05) is 18.4 Å². The van der Waals surface area contributed by atoms with E-state index in [0.29, 0.717) is 29.8 Å². The van der Waals surface area contributed by atoms with Gasteiger partial charge in [-0.3, -0.25) is 4.79 Å². The van der Waals surface area contributed by atoms with E-state index < -0.39 is 0 Å². The third kappa shape index (κ3) is 3.92. The third-order valence-electron chi connectivity index (χ3n) is 3.03. The highest BCUT2D eigenvalue weighted by Gasteiger charge is 2.14. The molecule has 6 heteroatoms. The summed E-state index contributed by atoms with van der Waals surface area (Å²) >= 11 is 5.84. The summed E-state index contributed by atoms with van der Waals surface area (Å²) < 4.78 is 0. The number of halogens is 1. The first-order valence-corrected chi connectivity index (χ1v) is 7.16. The van der Waals surface area contributed by atoms with Crippen LogP contribution in [0.4, 0.5) is 11.6 Å². The summed E-state index contributed by atoms with van der Waals surface area (Å²) in [4.78, 5) is 22.3. The number of anilines is 2. The van der Waals surface area contributed by atoms with Crippen molar-refractivity contribution in [1.82, 2.24) is 14.9 Å². The fourth-order valence-corrected chi connectivity index (χ4v) is 2.00. The highest BCUT2D eigenvalue weighted by molar-refractivity contribution is 6.30. The molecule has 0 fully saturated rings. The second-order valence-corrected chi connectivity index (χ2v) is 4.81. The molecule has 1 aromatic carbocycles. The van der Waals surface area contributed by atoms with E-state index in [-0.39, 0.29) is 5.91 Å². The zero-order valence-corrected chi connectivity index (χ0v) is 12.8. The van der Waals surface area contributed by atoms with Crippen molar-refractivity contribution in [1.29, 1.82) is 0 Å². The van der Waals surface area contributed by atoms with Crippen LogP contribution >= 0.6 is 11.6 Å². The van der Waals surface area contributed by atoms with E-state index in [1.54, 1.807) is 29.3 Å². The van der Waals surface area contributed by atoms with E-state index in [0.717, 1.165) is 5.69 Å². The van der Waals surface area contributed by atoms with Gasteiger partial charge in [0.1, 0.15) is 5.69 Å². The summed E-state index contributed by atoms with van der Waals surface area (Å²) in [6, 6.07) is 8.81. The number of nitrogens with one attached hydrogen (secondary N) is 1. The zero-order chi connectivity index (χ0) is 15.2. The van der Waals surface area contributed by atoms with Gasteiger partial charge in [-0.05, 0) is 44.2 Å². The number of hydrogen-bond acceptors (Lipinski definition) is 4. The minimum absolute atomic E-state index is 0.0958. The molecule has 0 saturated heterocycles. The van der Waals surface area contributed by atoms with Crippen molar-refractivity contribution < 1.29 is 4.79 Å². The summed E-state index contributed by atoms with van der Waals surface area (Å²) in [6.45, 7) is 5.18. The Labute approximate surface area is 129 Å². The van der Waals surface area contributed by atoms with Crippen LogP contribution in [0.3, 0.4) is 0 Å². The van der Waals surface area contributed by atoms with Crippen molar-refractivity contribution in [3.63, 3.8) is 0 Å². The maximum atomic E-state index is 12.2. The van der Waals surface area contributed by atoms with E-state index in [9.17, 15) is 4.79 Å². The van der Waals surface area contributed by atoms with E-state index in [1.165, 1.54) is 0 Å². The van der Waals surface area contributed by atoms with Gasteiger partial charge in [0.25, 0.3) is 5.91 Å². The minimum Gasteiger partial charge on any atom is -0.338 e. The molecule has 0 bridgehead atoms. The molecule has 0 aliphatic heterocycles. The number of carbonyl (C=O) groups excluding carboxylic acids is 1. The molecule has 1 heterocycles. The van der Waals surface area contributed by atoms with E-state index in [1.807, 2.05) is 26.0 Å². The number of rotatable bonds is 5. The summed E-state index contributed by atoms with van der Waals surface area (Å²) in [5.74, 6) is 0.289. The van der Waals surface area contributed by atoms with Crippen molar-refractivity contribution in [3.05, 3.63) is 47.2 Å². The topological polar surface area (TPSA) is 58.1 Å². The summed E-state index contributed by atoms with van der Waals surface area (Å²) in [5, 5.41) is 3.71. The first-order chi connectivity index (χ1) is 10.1. The average Bonchev–Trinajstić information content (AvgIpc) is 2.51. The number of aromatic nitrogens is 2. The van der Waals surface area contributed by atoms with Gasteiger partial charge >= 0.3 is 0 Å². The molecule has 1 amide bonds. The van der Waals surface area contributed by atoms with Crippen LogP contribution in [0.15, 0.2) is 36.5 Å². The molecule has 2 rings (SSSR count). The monoisotopic (exact) mass is 304 g/mol. The van der Waals surface area contributed by atoms with Crippen molar-refractivity contribution >= 4 is 29.1 Å². The van der Waals surface area contributed by atoms with Crippen molar-refractivity contribution in [2.24, 2.45) is 0 Å². The number of carbonyl (C=O) groups is 1. The van der Waals surface area contributed by atoms with Gasteiger partial charge in [-0.25, -0.2) is 9.97 Å². The predicted octanol–water partition coefficient (Wildman–Crippen LogP) is 3.36. The molecule has 0 spiro atoms. The summed E-state index contributed by atoms with van der Waals surface area (Å²) in [6.07, 6.45) is 1.57. The lowest BCUT2D eigenvalue weighted by atomic mass is 10.3. The number of nitrogens with zero attached hydrogens (tertiary/aromatic N) is 3. The lowest BCUT2D eigenvalue weighted by Gasteiger charge is -2.18. The Balaban J connectivity index is 2.17. The van der Waals surface area contributed by atoms with Crippen LogP contribution in [0.1, 0.15) is 24.3 Å². The fourth-order valence-electron chi connectivity index (χ4n) is 1.87. The molecule has 0 saturated carbocycles. The molecular formula is C15H17ClN4O. The van der Waals surface area contributed by atoms with Crippen LogP contribution in [0.2, 0.25) is 5.02 Å². The van der Waals surface area contributed by atoms with Gasteiger partial charge in [0.2, 0.25) is 5.95 Å². The van der Waals surface area contributed by atoms with Gasteiger partial charge in [0, 0.05) is 30.0 Å². The number of hydrogen-bond donors (Lipinski definition) is 1. The van der Waals surface area contributed by atoms with Crippen LogP contribution in [0.5, 0.6) is 0 Å². The predicted molar refractivity (Wildman–Crippen MR) is 84.0 cm³/mol. The van der Waals surface area contributed by atoms with Gasteiger partial charge in [-0.15, -0.1) is 0 Å². The zero-order valence-electron chi connectivity index (χ0n) is 12.0. The first-order valence-electron chi connectivity index (χ1n) is 6.79. The Morgan fingerprint density at radius 2 is 1.86 bits per heavy atom. The largest absolute Gasteiger partial charge is 0.338 e. The SMILES string of the molecule is CCN(CC)C(=O)c1ccnc(Nc2ccc(Cl)cc2)n1. The maximum absolute atomic E-state index is 12.2. The van der Waals surface area contributed by atoms with Crippen LogP contribution < -0.4 is 5.32 Å². The van der Waals surface area contributed by atoms with Crippen molar-refractivity contribution in [3.8, 4) is 0 Å². The Hall–Kier alpha value is -2.14. The van der Waals surface area contributed by atoms with E-state index in [2.05, 4.69) is 15.3 Å². The van der Waals surface area contributed by atoms with E-state index in [4.69, 9.17) is 11.6 Å². The molecule has 110 valence electrons. The molecule has 0 radical (unpaired) electrons. The van der Waals surface area contributed by atoms with Gasteiger partial charge in [0.05, 0.1) is 0 Å². The van der Waals surface area contributed by atoms with E-state index >= 15 is 0 Å². The maximum Gasteiger partial charge on any atom is 0.272 e. The third-order valence-corrected chi connectivity index (χ3v) is 3.28. The lowest BCUT2D eigenvalue weighted by molar-refractivity contribution is 0.0767. The van der Waals surface area contributed by atoms with Crippen molar-refractivity contribution in [2.45, 2.75) is 13.8 Å². The van der Waals surface area contributed by atoms with Crippen LogP contribution in [-0.4, -0.2) is 33.9 Å². The highest BCUT2D eigenvalue weighted by Crippen LogP contribution is 2.16. The molecule has 2 aromatic rings. The molecular weight excluding hydrogens is 288 g/mol. The van der Waals surface area contributed by atoms with Crippen LogP contribution in [0.25, 0.3) is 0 Å². The quantitative estimate of drug-likeness (QED) is 0.920. The van der Waals surface area contributed by atoms with Crippen LogP contribution in [0, 0.1) is 0 Å². The Morgan fingerprint density at radius 3 is 2.48 bits per heavy atom. The molecule has 0 atom stereocenters. The Kier molecular flexibility index (Phi) is 5.11. The second kappa shape index (κ2) is 7.04. The molecule has 0 aliphatic rings. The highest BCUT2D eigenvalue weighted by atomic mass is 35.5. The molecule has 1 aromatic heterocycles. The first kappa shape index (κ1) is 15.3. The summed E-state index contributed by atoms with van der Waals surface area (Å²) in [7, 11) is 0. The molecule has 1 N–H and O–H groups in total. The number of benzene rings is 1. The Bertz CT molecular complexity index is 611. The van der Waals surface area contributed by atoms with Crippen LogP contribution in [-0.2, 0) is 0 Å². The lowest BCUT2D eigenvalue weighted by Crippen LogP contribution is -2.31. The van der Waals surface area contributed by atoms with Gasteiger partial charge in [-0.2, -0.15) is 0 Å². The van der Waals surface area contributed by atoms with Gasteiger partial charge in [0.15, 0.2) is 0 Å². The second-order valence-electron chi connectivity index (χ2n) is 4.37. The Morgan fingerprint density at radius 1 is 1.19 bits per heavy atom. The molecule has 5 nitrogen and oxygen atoms in total. The molecule has 21 heavy (non-hydrogen) atoms. The van der Waals surface area contributed by atoms with Gasteiger partial charge < -0.3 is 10.2 Å². The summed E-state index contributed by atoms with van der Waals surface area (Å²) in [5.41, 5.74) is 1.19.